The van der Waals surface area contributed by atoms with E-state index in [-0.39, 0.29) is 0 Å². The van der Waals surface area contributed by atoms with Crippen molar-refractivity contribution in [3.05, 3.63) is 35.5 Å². The molecule has 20 heavy (non-hydrogen) atoms. The predicted molar refractivity (Wildman–Crippen MR) is 74.3 cm³/mol. The number of nitriles is 1. The molecule has 1 fully saturated rings. The topological polar surface area (TPSA) is 81.5 Å². The van der Waals surface area contributed by atoms with E-state index >= 15 is 0 Å². The molecule has 6 nitrogen and oxygen atoms in total. The fraction of sp³-hybridized carbons (Fsp3) is 0.429. The molecule has 1 saturated heterocycles. The van der Waals surface area contributed by atoms with Gasteiger partial charge in [0.25, 0.3) is 0 Å². The van der Waals surface area contributed by atoms with Crippen LogP contribution in [-0.4, -0.2) is 33.3 Å². The zero-order valence-corrected chi connectivity index (χ0v) is 11.4. The van der Waals surface area contributed by atoms with E-state index in [0.717, 1.165) is 43.4 Å². The number of aromatic amines is 1. The van der Waals surface area contributed by atoms with Gasteiger partial charge in [-0.25, -0.2) is 9.97 Å². The Kier molecular flexibility index (Phi) is 3.33. The minimum absolute atomic E-state index is 0.321. The molecule has 0 aliphatic carbocycles. The van der Waals surface area contributed by atoms with Crippen LogP contribution in [0.2, 0.25) is 0 Å². The van der Waals surface area contributed by atoms with Crippen molar-refractivity contribution in [1.82, 2.24) is 20.2 Å². The third kappa shape index (κ3) is 2.48. The molecular formula is C14H16N6. The maximum Gasteiger partial charge on any atom is 0.155 e. The number of rotatable bonds is 2. The Labute approximate surface area is 117 Å². The Balaban J connectivity index is 1.79. The van der Waals surface area contributed by atoms with Crippen LogP contribution in [0, 0.1) is 18.3 Å². The molecule has 0 bridgehead atoms. The van der Waals surface area contributed by atoms with Gasteiger partial charge in [-0.15, -0.1) is 0 Å². The van der Waals surface area contributed by atoms with Crippen LogP contribution in [0.5, 0.6) is 0 Å². The van der Waals surface area contributed by atoms with Gasteiger partial charge in [0.2, 0.25) is 0 Å². The van der Waals surface area contributed by atoms with Crippen molar-refractivity contribution < 1.29 is 0 Å². The number of nitrogens with zero attached hydrogens (tertiary/aromatic N) is 5. The van der Waals surface area contributed by atoms with Gasteiger partial charge < -0.3 is 4.90 Å². The minimum Gasteiger partial charge on any atom is -0.356 e. The van der Waals surface area contributed by atoms with Gasteiger partial charge in [0.15, 0.2) is 5.82 Å². The van der Waals surface area contributed by atoms with E-state index in [4.69, 9.17) is 5.26 Å². The van der Waals surface area contributed by atoms with Crippen LogP contribution in [0.1, 0.15) is 36.1 Å². The van der Waals surface area contributed by atoms with Crippen LogP contribution in [-0.2, 0) is 0 Å². The lowest BCUT2D eigenvalue weighted by molar-refractivity contribution is 0.489. The quantitative estimate of drug-likeness (QED) is 0.897. The van der Waals surface area contributed by atoms with Crippen molar-refractivity contribution in [2.24, 2.45) is 0 Å². The highest BCUT2D eigenvalue weighted by atomic mass is 15.2. The van der Waals surface area contributed by atoms with E-state index in [9.17, 15) is 0 Å². The molecule has 6 heteroatoms. The molecule has 3 heterocycles. The number of piperidine rings is 1. The monoisotopic (exact) mass is 268 g/mol. The Morgan fingerprint density at radius 1 is 1.40 bits per heavy atom. The van der Waals surface area contributed by atoms with Gasteiger partial charge in [-0.3, -0.25) is 5.10 Å². The van der Waals surface area contributed by atoms with E-state index in [2.05, 4.69) is 31.1 Å². The number of pyridine rings is 1. The fourth-order valence-corrected chi connectivity index (χ4v) is 2.60. The van der Waals surface area contributed by atoms with Gasteiger partial charge in [-0.05, 0) is 31.9 Å². The standard InChI is InChI=1S/C14H16N6/c1-10-16-14(19-18-10)11-4-3-7-20(9-11)13-6-2-5-12(8-15)17-13/h2,5-6,11H,3-4,7,9H2,1H3,(H,16,18,19). The van der Waals surface area contributed by atoms with Crippen molar-refractivity contribution in [2.45, 2.75) is 25.7 Å². The van der Waals surface area contributed by atoms with E-state index in [0.29, 0.717) is 11.6 Å². The Morgan fingerprint density at radius 3 is 3.05 bits per heavy atom. The number of hydrogen-bond donors (Lipinski definition) is 1. The molecule has 0 spiro atoms. The van der Waals surface area contributed by atoms with Gasteiger partial charge in [-0.2, -0.15) is 10.4 Å². The molecule has 3 rings (SSSR count). The molecule has 1 atom stereocenters. The minimum atomic E-state index is 0.321. The first kappa shape index (κ1) is 12.6. The highest BCUT2D eigenvalue weighted by Crippen LogP contribution is 2.27. The van der Waals surface area contributed by atoms with Crippen molar-refractivity contribution in [3.8, 4) is 6.07 Å². The second-order valence-corrected chi connectivity index (χ2v) is 5.06. The Hall–Kier alpha value is -2.42. The summed E-state index contributed by atoms with van der Waals surface area (Å²) >= 11 is 0. The third-order valence-electron chi connectivity index (χ3n) is 3.57. The van der Waals surface area contributed by atoms with Gasteiger partial charge in [0.05, 0.1) is 0 Å². The molecule has 1 unspecified atom stereocenters. The molecule has 2 aromatic heterocycles. The predicted octanol–water partition coefficient (Wildman–Crippen LogP) is 1.76. The van der Waals surface area contributed by atoms with Crippen molar-refractivity contribution in [2.75, 3.05) is 18.0 Å². The van der Waals surface area contributed by atoms with Gasteiger partial charge in [0, 0.05) is 19.0 Å². The van der Waals surface area contributed by atoms with Crippen molar-refractivity contribution >= 4 is 5.82 Å². The van der Waals surface area contributed by atoms with Crippen molar-refractivity contribution in [3.63, 3.8) is 0 Å². The second-order valence-electron chi connectivity index (χ2n) is 5.06. The summed E-state index contributed by atoms with van der Waals surface area (Å²) in [6.07, 6.45) is 2.17. The average Bonchev–Trinajstić information content (AvgIpc) is 2.94. The highest BCUT2D eigenvalue weighted by molar-refractivity contribution is 5.42. The highest BCUT2D eigenvalue weighted by Gasteiger charge is 2.25. The summed E-state index contributed by atoms with van der Waals surface area (Å²) < 4.78 is 0. The summed E-state index contributed by atoms with van der Waals surface area (Å²) in [4.78, 5) is 11.0. The Morgan fingerprint density at radius 2 is 2.30 bits per heavy atom. The molecule has 1 aliphatic heterocycles. The first-order valence-corrected chi connectivity index (χ1v) is 6.77. The number of H-pyrrole nitrogens is 1. The third-order valence-corrected chi connectivity index (χ3v) is 3.57. The SMILES string of the molecule is Cc1nc(C2CCCN(c3cccc(C#N)n3)C2)n[nH]1. The lowest BCUT2D eigenvalue weighted by Gasteiger charge is -2.32. The largest absolute Gasteiger partial charge is 0.356 e. The molecular weight excluding hydrogens is 252 g/mol. The maximum absolute atomic E-state index is 8.94. The lowest BCUT2D eigenvalue weighted by Crippen LogP contribution is -2.35. The summed E-state index contributed by atoms with van der Waals surface area (Å²) in [5.74, 6) is 2.91. The van der Waals surface area contributed by atoms with E-state index in [1.165, 1.54) is 0 Å². The second kappa shape index (κ2) is 5.29. The number of hydrogen-bond acceptors (Lipinski definition) is 5. The summed E-state index contributed by atoms with van der Waals surface area (Å²) in [7, 11) is 0. The first-order chi connectivity index (χ1) is 9.76. The fourth-order valence-electron chi connectivity index (χ4n) is 2.60. The molecule has 0 saturated carbocycles. The molecule has 1 N–H and O–H groups in total. The summed E-state index contributed by atoms with van der Waals surface area (Å²) in [5.41, 5.74) is 0.457. The molecule has 0 amide bonds. The van der Waals surface area contributed by atoms with Gasteiger partial charge in [0.1, 0.15) is 23.4 Å². The van der Waals surface area contributed by atoms with Gasteiger partial charge in [-0.1, -0.05) is 6.07 Å². The average molecular weight is 268 g/mol. The molecule has 0 radical (unpaired) electrons. The smallest absolute Gasteiger partial charge is 0.155 e. The van der Waals surface area contributed by atoms with E-state index in [1.54, 1.807) is 6.07 Å². The molecule has 2 aromatic rings. The maximum atomic E-state index is 8.94. The van der Waals surface area contributed by atoms with Gasteiger partial charge >= 0.3 is 0 Å². The normalized spacial score (nSPS) is 18.8. The van der Waals surface area contributed by atoms with Crippen LogP contribution in [0.4, 0.5) is 5.82 Å². The Bertz CT molecular complexity index is 641. The number of aryl methyl sites for hydroxylation is 1. The van der Waals surface area contributed by atoms with Crippen LogP contribution in [0.15, 0.2) is 18.2 Å². The van der Waals surface area contributed by atoms with Crippen LogP contribution in [0.3, 0.4) is 0 Å². The number of nitrogens with one attached hydrogen (secondary N) is 1. The van der Waals surface area contributed by atoms with Crippen LogP contribution in [0.25, 0.3) is 0 Å². The van der Waals surface area contributed by atoms with Crippen molar-refractivity contribution in [1.29, 1.82) is 5.26 Å². The lowest BCUT2D eigenvalue weighted by atomic mass is 9.97. The van der Waals surface area contributed by atoms with Crippen LogP contribution < -0.4 is 4.90 Å². The summed E-state index contributed by atoms with van der Waals surface area (Å²) in [5, 5.41) is 16.1. The van der Waals surface area contributed by atoms with Crippen LogP contribution >= 0.6 is 0 Å². The zero-order valence-electron chi connectivity index (χ0n) is 11.4. The number of aromatic nitrogens is 4. The first-order valence-electron chi connectivity index (χ1n) is 6.77. The zero-order chi connectivity index (χ0) is 13.9. The molecule has 102 valence electrons. The molecule has 1 aliphatic rings. The van der Waals surface area contributed by atoms with E-state index < -0.39 is 0 Å². The molecule has 0 aromatic carbocycles. The summed E-state index contributed by atoms with van der Waals surface area (Å²) in [6, 6.07) is 7.64. The summed E-state index contributed by atoms with van der Waals surface area (Å²) in [6.45, 7) is 3.72. The van der Waals surface area contributed by atoms with E-state index in [1.807, 2.05) is 19.1 Å². The number of anilines is 1.